The Balaban J connectivity index is 2.09. The predicted molar refractivity (Wildman–Crippen MR) is 98.4 cm³/mol. The lowest BCUT2D eigenvalue weighted by atomic mass is 10.2. The molecule has 3 aromatic rings. The number of nitrogens with zero attached hydrogens (tertiary/aromatic N) is 4. The molecule has 0 bridgehead atoms. The van der Waals surface area contributed by atoms with E-state index in [2.05, 4.69) is 31.6 Å². The molecule has 9 heteroatoms. The van der Waals surface area contributed by atoms with Gasteiger partial charge in [-0.15, -0.1) is 0 Å². The Morgan fingerprint density at radius 2 is 2.15 bits per heavy atom. The molecule has 0 saturated heterocycles. The first kappa shape index (κ1) is 17.7. The first-order valence-corrected chi connectivity index (χ1v) is 9.66. The second-order valence-electron chi connectivity index (χ2n) is 5.45. The lowest BCUT2D eigenvalue weighted by Crippen LogP contribution is -2.11. The highest BCUT2D eigenvalue weighted by Crippen LogP contribution is 2.28. The Hall–Kier alpha value is -3.12. The monoisotopic (exact) mass is 371 g/mol. The van der Waals surface area contributed by atoms with E-state index in [0.717, 1.165) is 18.2 Å². The molecule has 8 nitrogen and oxygen atoms in total. The van der Waals surface area contributed by atoms with Gasteiger partial charge in [-0.2, -0.15) is 5.10 Å². The average molecular weight is 371 g/mol. The van der Waals surface area contributed by atoms with Crippen molar-refractivity contribution >= 4 is 21.4 Å². The van der Waals surface area contributed by atoms with Gasteiger partial charge in [-0.25, -0.2) is 22.9 Å². The molecular weight excluding hydrogens is 354 g/mol. The number of pyridine rings is 1. The smallest absolute Gasteiger partial charge is 0.238 e. The van der Waals surface area contributed by atoms with Crippen molar-refractivity contribution in [1.82, 2.24) is 19.6 Å². The Kier molecular flexibility index (Phi) is 4.77. The number of rotatable bonds is 4. The Labute approximate surface area is 151 Å². The number of sulfonamides is 1. The SMILES string of the molecule is CCC#Cc1cnn2ccc(-c3cnc(OC)c(NS(C)(=O)=O)c3)nc12. The molecule has 0 aromatic carbocycles. The zero-order valence-corrected chi connectivity index (χ0v) is 15.3. The highest BCUT2D eigenvalue weighted by molar-refractivity contribution is 7.92. The van der Waals surface area contributed by atoms with E-state index in [1.165, 1.54) is 7.11 Å². The van der Waals surface area contributed by atoms with Crippen LogP contribution in [0, 0.1) is 11.8 Å². The quantitative estimate of drug-likeness (QED) is 0.704. The van der Waals surface area contributed by atoms with Gasteiger partial charge in [0.1, 0.15) is 5.69 Å². The lowest BCUT2D eigenvalue weighted by Gasteiger charge is -2.10. The summed E-state index contributed by atoms with van der Waals surface area (Å²) in [4.78, 5) is 8.75. The topological polar surface area (TPSA) is 98.5 Å². The van der Waals surface area contributed by atoms with Gasteiger partial charge < -0.3 is 4.74 Å². The number of ether oxygens (including phenoxy) is 1. The maximum atomic E-state index is 11.6. The van der Waals surface area contributed by atoms with Gasteiger partial charge in [0.2, 0.25) is 15.9 Å². The third-order valence-electron chi connectivity index (χ3n) is 3.40. The largest absolute Gasteiger partial charge is 0.480 e. The van der Waals surface area contributed by atoms with Crippen LogP contribution in [0.25, 0.3) is 16.9 Å². The van der Waals surface area contributed by atoms with Crippen molar-refractivity contribution in [3.05, 3.63) is 36.3 Å². The summed E-state index contributed by atoms with van der Waals surface area (Å²) in [6.45, 7) is 1.97. The van der Waals surface area contributed by atoms with E-state index in [1.54, 1.807) is 35.2 Å². The second-order valence-corrected chi connectivity index (χ2v) is 7.20. The van der Waals surface area contributed by atoms with Crippen LogP contribution in [0.4, 0.5) is 5.69 Å². The van der Waals surface area contributed by atoms with Crippen LogP contribution in [-0.4, -0.2) is 41.4 Å². The van der Waals surface area contributed by atoms with Gasteiger partial charge in [-0.3, -0.25) is 4.72 Å². The molecule has 26 heavy (non-hydrogen) atoms. The fourth-order valence-corrected chi connectivity index (χ4v) is 2.87. The van der Waals surface area contributed by atoms with E-state index >= 15 is 0 Å². The second kappa shape index (κ2) is 7.01. The highest BCUT2D eigenvalue weighted by atomic mass is 32.2. The van der Waals surface area contributed by atoms with Crippen LogP contribution in [-0.2, 0) is 10.0 Å². The molecule has 3 heterocycles. The van der Waals surface area contributed by atoms with Gasteiger partial charge >= 0.3 is 0 Å². The van der Waals surface area contributed by atoms with Crippen molar-refractivity contribution in [2.75, 3.05) is 18.1 Å². The molecule has 1 N–H and O–H groups in total. The van der Waals surface area contributed by atoms with E-state index < -0.39 is 10.0 Å². The summed E-state index contributed by atoms with van der Waals surface area (Å²) in [5, 5.41) is 4.22. The van der Waals surface area contributed by atoms with Crippen molar-refractivity contribution < 1.29 is 13.2 Å². The molecule has 0 aliphatic rings. The van der Waals surface area contributed by atoms with Gasteiger partial charge in [-0.1, -0.05) is 18.8 Å². The normalized spacial score (nSPS) is 11.0. The summed E-state index contributed by atoms with van der Waals surface area (Å²) in [5.41, 5.74) is 2.84. The number of hydrogen-bond acceptors (Lipinski definition) is 6. The van der Waals surface area contributed by atoms with Crippen LogP contribution in [0.1, 0.15) is 18.9 Å². The molecule has 134 valence electrons. The summed E-state index contributed by atoms with van der Waals surface area (Å²) >= 11 is 0. The number of nitrogens with one attached hydrogen (secondary N) is 1. The maximum absolute atomic E-state index is 11.6. The number of fused-ring (bicyclic) bond motifs is 1. The van der Waals surface area contributed by atoms with Crippen molar-refractivity contribution in [1.29, 1.82) is 0 Å². The van der Waals surface area contributed by atoms with E-state index in [0.29, 0.717) is 16.9 Å². The lowest BCUT2D eigenvalue weighted by molar-refractivity contribution is 0.400. The van der Waals surface area contributed by atoms with Crippen LogP contribution in [0.5, 0.6) is 5.88 Å². The minimum Gasteiger partial charge on any atom is -0.480 e. The molecule has 0 saturated carbocycles. The van der Waals surface area contributed by atoms with Crippen molar-refractivity contribution in [2.24, 2.45) is 0 Å². The number of aromatic nitrogens is 4. The standard InChI is InChI=1S/C17H17N5O3S/c1-4-5-6-12-11-19-22-8-7-14(20-16(12)22)13-9-15(21-26(3,23)24)17(25-2)18-10-13/h7-11,21H,4H2,1-3H3. The molecule has 3 rings (SSSR count). The predicted octanol–water partition coefficient (Wildman–Crippen LogP) is 1.93. The van der Waals surface area contributed by atoms with E-state index in [9.17, 15) is 8.42 Å². The zero-order chi connectivity index (χ0) is 18.7. The summed E-state index contributed by atoms with van der Waals surface area (Å²) < 4.78 is 32.3. The Bertz CT molecular complexity index is 1130. The number of methoxy groups -OCH3 is 1. The van der Waals surface area contributed by atoms with Crippen LogP contribution in [0.2, 0.25) is 0 Å². The first-order chi connectivity index (χ1) is 12.4. The van der Waals surface area contributed by atoms with Crippen molar-refractivity contribution in [3.8, 4) is 29.0 Å². The minimum atomic E-state index is -3.47. The number of hydrogen-bond donors (Lipinski definition) is 1. The summed E-state index contributed by atoms with van der Waals surface area (Å²) in [6, 6.07) is 3.39. The van der Waals surface area contributed by atoms with E-state index in [4.69, 9.17) is 4.74 Å². The van der Waals surface area contributed by atoms with Gasteiger partial charge in [0.25, 0.3) is 0 Å². The van der Waals surface area contributed by atoms with Crippen molar-refractivity contribution in [2.45, 2.75) is 13.3 Å². The van der Waals surface area contributed by atoms with Crippen molar-refractivity contribution in [3.63, 3.8) is 0 Å². The molecule has 0 unspecified atom stereocenters. The van der Waals surface area contributed by atoms with E-state index in [-0.39, 0.29) is 11.6 Å². The van der Waals surface area contributed by atoms with Gasteiger partial charge in [-0.05, 0) is 12.1 Å². The fraction of sp³-hybridized carbons (Fsp3) is 0.235. The van der Waals surface area contributed by atoms with Crippen LogP contribution >= 0.6 is 0 Å². The van der Waals surface area contributed by atoms with Gasteiger partial charge in [0.15, 0.2) is 5.65 Å². The fourth-order valence-electron chi connectivity index (χ4n) is 2.33. The molecule has 0 aliphatic carbocycles. The van der Waals surface area contributed by atoms with Crippen LogP contribution < -0.4 is 9.46 Å². The summed E-state index contributed by atoms with van der Waals surface area (Å²) in [7, 11) is -2.05. The van der Waals surface area contributed by atoms with Gasteiger partial charge in [0.05, 0.1) is 30.8 Å². The summed E-state index contributed by atoms with van der Waals surface area (Å²) in [6.07, 6.45) is 6.80. The number of anilines is 1. The zero-order valence-electron chi connectivity index (χ0n) is 14.5. The van der Waals surface area contributed by atoms with Gasteiger partial charge in [0, 0.05) is 24.4 Å². The summed E-state index contributed by atoms with van der Waals surface area (Å²) in [5.74, 6) is 6.22. The molecule has 0 spiro atoms. The molecule has 0 atom stereocenters. The van der Waals surface area contributed by atoms with E-state index in [1.807, 2.05) is 6.92 Å². The van der Waals surface area contributed by atoms with Crippen LogP contribution in [0.15, 0.2) is 30.7 Å². The Morgan fingerprint density at radius 3 is 2.85 bits per heavy atom. The molecule has 0 amide bonds. The molecule has 3 aromatic heterocycles. The first-order valence-electron chi connectivity index (χ1n) is 7.76. The minimum absolute atomic E-state index is 0.180. The molecule has 0 radical (unpaired) electrons. The molecule has 0 fully saturated rings. The average Bonchev–Trinajstić information content (AvgIpc) is 3.00. The maximum Gasteiger partial charge on any atom is 0.238 e. The highest BCUT2D eigenvalue weighted by Gasteiger charge is 2.13. The van der Waals surface area contributed by atoms with Crippen LogP contribution in [0.3, 0.4) is 0 Å². The third kappa shape index (κ3) is 3.75. The third-order valence-corrected chi connectivity index (χ3v) is 4.00. The molecule has 0 aliphatic heterocycles. The Morgan fingerprint density at radius 1 is 1.35 bits per heavy atom. The molecular formula is C17H17N5O3S.